The van der Waals surface area contributed by atoms with E-state index in [1.54, 1.807) is 0 Å². The summed E-state index contributed by atoms with van der Waals surface area (Å²) in [6.07, 6.45) is 0.805. The Morgan fingerprint density at radius 1 is 1.10 bits per heavy atom. The van der Waals surface area contributed by atoms with Crippen molar-refractivity contribution in [2.75, 3.05) is 36.7 Å². The van der Waals surface area contributed by atoms with Gasteiger partial charge in [-0.1, -0.05) is 19.1 Å². The topological polar surface area (TPSA) is 53.1 Å². The van der Waals surface area contributed by atoms with Gasteiger partial charge in [0.2, 0.25) is 0 Å². The van der Waals surface area contributed by atoms with Gasteiger partial charge in [-0.2, -0.15) is 0 Å². The first kappa shape index (κ1) is 15.1. The lowest BCUT2D eigenvalue weighted by atomic mass is 10.2. The molecule has 0 bridgehead atoms. The van der Waals surface area contributed by atoms with Gasteiger partial charge in [0.25, 0.3) is 0 Å². The predicted octanol–water partition coefficient (Wildman–Crippen LogP) is 3.20. The van der Waals surface area contributed by atoms with Crippen LogP contribution in [0.4, 0.5) is 23.0 Å². The van der Waals surface area contributed by atoms with Crippen molar-refractivity contribution in [3.8, 4) is 0 Å². The fourth-order valence-electron chi connectivity index (χ4n) is 2.18. The number of benzene rings is 1. The molecule has 0 aliphatic rings. The van der Waals surface area contributed by atoms with Crippen molar-refractivity contribution < 1.29 is 0 Å². The van der Waals surface area contributed by atoms with E-state index in [4.69, 9.17) is 0 Å². The molecule has 2 aromatic rings. The van der Waals surface area contributed by atoms with Crippen molar-refractivity contribution in [1.82, 2.24) is 9.97 Å². The van der Waals surface area contributed by atoms with Crippen molar-refractivity contribution in [1.29, 1.82) is 0 Å². The van der Waals surface area contributed by atoms with E-state index in [1.165, 1.54) is 0 Å². The first-order valence-corrected chi connectivity index (χ1v) is 7.15. The number of anilines is 4. The highest BCUT2D eigenvalue weighted by Crippen LogP contribution is 2.29. The Morgan fingerprint density at radius 3 is 2.38 bits per heavy atom. The number of hydrogen-bond acceptors (Lipinski definition) is 5. The molecule has 0 spiro atoms. The molecule has 0 saturated heterocycles. The number of aryl methyl sites for hydroxylation is 1. The second-order valence-corrected chi connectivity index (χ2v) is 5.10. The highest BCUT2D eigenvalue weighted by molar-refractivity contribution is 5.75. The van der Waals surface area contributed by atoms with Gasteiger partial charge in [0, 0.05) is 33.1 Å². The Kier molecular flexibility index (Phi) is 4.62. The summed E-state index contributed by atoms with van der Waals surface area (Å²) in [5, 5.41) is 6.57. The molecule has 0 saturated carbocycles. The molecule has 2 rings (SSSR count). The van der Waals surface area contributed by atoms with Crippen LogP contribution in [0.5, 0.6) is 0 Å². The summed E-state index contributed by atoms with van der Waals surface area (Å²) in [6, 6.07) is 8.19. The molecule has 5 heteroatoms. The maximum Gasteiger partial charge on any atom is 0.139 e. The first-order chi connectivity index (χ1) is 10.1. The van der Waals surface area contributed by atoms with E-state index in [1.807, 2.05) is 40.2 Å². The molecule has 112 valence electrons. The lowest BCUT2D eigenvalue weighted by Crippen LogP contribution is -2.12. The third-order valence-electron chi connectivity index (χ3n) is 3.38. The van der Waals surface area contributed by atoms with Gasteiger partial charge in [0.05, 0.1) is 11.4 Å². The van der Waals surface area contributed by atoms with Crippen LogP contribution in [0.2, 0.25) is 0 Å². The SMILES string of the molecule is CCc1nc(NC)c(C)c(Nc2ccccc2N(C)C)n1. The molecule has 21 heavy (non-hydrogen) atoms. The van der Waals surface area contributed by atoms with Gasteiger partial charge in [-0.05, 0) is 19.1 Å². The standard InChI is InChI=1S/C16H23N5/c1-6-14-19-15(17-3)11(2)16(20-14)18-12-9-7-8-10-13(12)21(4)5/h7-10H,6H2,1-5H3,(H2,17,18,19,20). The summed E-state index contributed by atoms with van der Waals surface area (Å²) in [7, 11) is 5.94. The molecule has 0 unspecified atom stereocenters. The smallest absolute Gasteiger partial charge is 0.139 e. The van der Waals surface area contributed by atoms with Crippen molar-refractivity contribution >= 4 is 23.0 Å². The highest BCUT2D eigenvalue weighted by Gasteiger charge is 2.11. The Labute approximate surface area is 126 Å². The van der Waals surface area contributed by atoms with Crippen LogP contribution in [0.25, 0.3) is 0 Å². The van der Waals surface area contributed by atoms with Crippen molar-refractivity contribution in [2.24, 2.45) is 0 Å². The zero-order chi connectivity index (χ0) is 15.4. The van der Waals surface area contributed by atoms with Crippen LogP contribution in [0.15, 0.2) is 24.3 Å². The molecule has 0 amide bonds. The fraction of sp³-hybridized carbons (Fsp3) is 0.375. The van der Waals surface area contributed by atoms with E-state index in [-0.39, 0.29) is 0 Å². The van der Waals surface area contributed by atoms with Crippen molar-refractivity contribution in [3.05, 3.63) is 35.7 Å². The van der Waals surface area contributed by atoms with Gasteiger partial charge in [-0.25, -0.2) is 9.97 Å². The molecule has 0 aliphatic carbocycles. The van der Waals surface area contributed by atoms with Crippen molar-refractivity contribution in [3.63, 3.8) is 0 Å². The van der Waals surface area contributed by atoms with Crippen LogP contribution in [0.1, 0.15) is 18.3 Å². The monoisotopic (exact) mass is 285 g/mol. The number of nitrogens with one attached hydrogen (secondary N) is 2. The highest BCUT2D eigenvalue weighted by atomic mass is 15.1. The summed E-state index contributed by atoms with van der Waals surface area (Å²) in [5.74, 6) is 2.54. The van der Waals surface area contributed by atoms with Gasteiger partial charge in [-0.3, -0.25) is 0 Å². The molecule has 0 radical (unpaired) electrons. The van der Waals surface area contributed by atoms with Crippen LogP contribution < -0.4 is 15.5 Å². The molecule has 0 aliphatic heterocycles. The minimum atomic E-state index is 0.805. The lowest BCUT2D eigenvalue weighted by Gasteiger charge is -2.19. The molecule has 0 fully saturated rings. The van der Waals surface area contributed by atoms with Gasteiger partial charge >= 0.3 is 0 Å². The third-order valence-corrected chi connectivity index (χ3v) is 3.38. The largest absolute Gasteiger partial charge is 0.376 e. The summed E-state index contributed by atoms with van der Waals surface area (Å²) in [5.41, 5.74) is 3.18. The van der Waals surface area contributed by atoms with Crippen LogP contribution in [0.3, 0.4) is 0 Å². The normalized spacial score (nSPS) is 10.3. The summed E-state index contributed by atoms with van der Waals surface area (Å²) in [6.45, 7) is 4.08. The van der Waals surface area contributed by atoms with Gasteiger partial charge in [0.1, 0.15) is 17.5 Å². The van der Waals surface area contributed by atoms with Gasteiger partial charge in [0.15, 0.2) is 0 Å². The fourth-order valence-corrected chi connectivity index (χ4v) is 2.18. The zero-order valence-corrected chi connectivity index (χ0v) is 13.4. The van der Waals surface area contributed by atoms with Crippen LogP contribution >= 0.6 is 0 Å². The van der Waals surface area contributed by atoms with E-state index in [0.717, 1.165) is 40.8 Å². The second-order valence-electron chi connectivity index (χ2n) is 5.10. The summed E-state index contributed by atoms with van der Waals surface area (Å²) in [4.78, 5) is 11.2. The third kappa shape index (κ3) is 3.24. The van der Waals surface area contributed by atoms with Crippen LogP contribution in [-0.2, 0) is 6.42 Å². The Balaban J connectivity index is 2.44. The number of rotatable bonds is 5. The number of hydrogen-bond donors (Lipinski definition) is 2. The number of aromatic nitrogens is 2. The van der Waals surface area contributed by atoms with E-state index < -0.39 is 0 Å². The van der Waals surface area contributed by atoms with Crippen LogP contribution in [0, 0.1) is 6.92 Å². The summed E-state index contributed by atoms with van der Waals surface area (Å²) >= 11 is 0. The van der Waals surface area contributed by atoms with E-state index in [2.05, 4.69) is 44.6 Å². The molecule has 1 heterocycles. The minimum absolute atomic E-state index is 0.805. The van der Waals surface area contributed by atoms with E-state index >= 15 is 0 Å². The minimum Gasteiger partial charge on any atom is -0.376 e. The van der Waals surface area contributed by atoms with Gasteiger partial charge < -0.3 is 15.5 Å². The molecule has 2 N–H and O–H groups in total. The molecule has 0 atom stereocenters. The molecule has 5 nitrogen and oxygen atoms in total. The molecule has 1 aromatic carbocycles. The number of nitrogens with zero attached hydrogens (tertiary/aromatic N) is 3. The Bertz CT molecular complexity index is 622. The van der Waals surface area contributed by atoms with E-state index in [0.29, 0.717) is 0 Å². The quantitative estimate of drug-likeness (QED) is 0.883. The molecule has 1 aromatic heterocycles. The molecular formula is C16H23N5. The number of para-hydroxylation sites is 2. The molecular weight excluding hydrogens is 262 g/mol. The second kappa shape index (κ2) is 6.43. The Morgan fingerprint density at radius 2 is 1.76 bits per heavy atom. The first-order valence-electron chi connectivity index (χ1n) is 7.15. The van der Waals surface area contributed by atoms with Crippen LogP contribution in [-0.4, -0.2) is 31.1 Å². The zero-order valence-electron chi connectivity index (χ0n) is 13.4. The predicted molar refractivity (Wildman–Crippen MR) is 89.7 cm³/mol. The summed E-state index contributed by atoms with van der Waals surface area (Å²) < 4.78 is 0. The van der Waals surface area contributed by atoms with Gasteiger partial charge in [-0.15, -0.1) is 0 Å². The average molecular weight is 285 g/mol. The Hall–Kier alpha value is -2.30. The lowest BCUT2D eigenvalue weighted by molar-refractivity contribution is 0.935. The van der Waals surface area contributed by atoms with E-state index in [9.17, 15) is 0 Å². The average Bonchev–Trinajstić information content (AvgIpc) is 2.49. The maximum absolute atomic E-state index is 4.61. The van der Waals surface area contributed by atoms with Crippen molar-refractivity contribution in [2.45, 2.75) is 20.3 Å². The maximum atomic E-state index is 4.61.